The number of ether oxygens (including phenoxy) is 1. The van der Waals surface area contributed by atoms with Gasteiger partial charge in [0.2, 0.25) is 10.0 Å². The average Bonchev–Trinajstić information content (AvgIpc) is 2.42. The van der Waals surface area contributed by atoms with Crippen LogP contribution >= 0.6 is 0 Å². The van der Waals surface area contributed by atoms with Crippen molar-refractivity contribution >= 4 is 10.0 Å². The summed E-state index contributed by atoms with van der Waals surface area (Å²) in [6, 6.07) is 2.93. The first-order chi connectivity index (χ1) is 13.0. The maximum Gasteiger partial charge on any atom is 0.286 e. The van der Waals surface area contributed by atoms with Gasteiger partial charge >= 0.3 is 0 Å². The molecule has 3 aliphatic heterocycles. The Labute approximate surface area is 163 Å². The minimum atomic E-state index is -3.69. The Hall–Kier alpha value is -1.16. The predicted molar refractivity (Wildman–Crippen MR) is 97.6 cm³/mol. The zero-order chi connectivity index (χ0) is 19.9. The molecule has 0 aromatic carbocycles. The number of rotatable bonds is 4. The Morgan fingerprint density at radius 2 is 1.79 bits per heavy atom. The van der Waals surface area contributed by atoms with Crippen LogP contribution < -0.4 is 0 Å². The van der Waals surface area contributed by atoms with E-state index in [1.807, 2.05) is 0 Å². The molecule has 4 fully saturated rings. The van der Waals surface area contributed by atoms with Crippen molar-refractivity contribution in [3.8, 4) is 0 Å². The van der Waals surface area contributed by atoms with Crippen LogP contribution in [0.15, 0.2) is 17.0 Å². The molecule has 4 heterocycles. The van der Waals surface area contributed by atoms with Gasteiger partial charge in [-0.15, -0.1) is 0 Å². The van der Waals surface area contributed by atoms with Gasteiger partial charge < -0.3 is 4.74 Å². The Morgan fingerprint density at radius 3 is 2.29 bits per heavy atom. The van der Waals surface area contributed by atoms with E-state index < -0.39 is 21.6 Å². The molecular weight excluding hydrogens is 388 g/mol. The van der Waals surface area contributed by atoms with E-state index in [1.54, 1.807) is 0 Å². The lowest BCUT2D eigenvalue weighted by Gasteiger charge is -2.65. The van der Waals surface area contributed by atoms with Crippen LogP contribution in [0.5, 0.6) is 0 Å². The molecule has 1 aromatic heterocycles. The molecule has 0 bridgehead atoms. The van der Waals surface area contributed by atoms with Crippen molar-refractivity contribution in [1.82, 2.24) is 14.2 Å². The van der Waals surface area contributed by atoms with Crippen molar-refractivity contribution in [2.24, 2.45) is 10.8 Å². The first kappa shape index (κ1) is 18.8. The van der Waals surface area contributed by atoms with Crippen molar-refractivity contribution < 1.29 is 21.9 Å². The SMILES string of the molecule is Cc1nc(C(C)(F)F)ccc1S(=O)(=O)N1CC2(CC(N3CC4(COC4)C3)C2)C1. The average molecular weight is 413 g/mol. The molecule has 4 aliphatic rings. The second-order valence-corrected chi connectivity index (χ2v) is 11.3. The standard InChI is InChI=1S/C19H25F2N3O3S/c1-13-15(3-4-16(22-13)17(2,20)21)28(25,26)24-9-18(10-24)5-14(6-18)23-7-19(8-23)11-27-12-19/h3-4,14H,5-12H2,1-2H3. The summed E-state index contributed by atoms with van der Waals surface area (Å²) in [6.07, 6.45) is 2.07. The van der Waals surface area contributed by atoms with Crippen LogP contribution in [0.3, 0.4) is 0 Å². The zero-order valence-corrected chi connectivity index (χ0v) is 16.9. The third-order valence-corrected chi connectivity index (χ3v) is 8.80. The number of hydrogen-bond acceptors (Lipinski definition) is 5. The number of aromatic nitrogens is 1. The van der Waals surface area contributed by atoms with Gasteiger partial charge in [0.1, 0.15) is 10.6 Å². The Kier molecular flexibility index (Phi) is 3.84. The minimum Gasteiger partial charge on any atom is -0.380 e. The quantitative estimate of drug-likeness (QED) is 0.756. The van der Waals surface area contributed by atoms with E-state index in [-0.39, 0.29) is 16.0 Å². The summed E-state index contributed by atoms with van der Waals surface area (Å²) in [7, 11) is -3.69. The minimum absolute atomic E-state index is 0.0286. The zero-order valence-electron chi connectivity index (χ0n) is 16.1. The lowest BCUT2D eigenvalue weighted by atomic mass is 9.59. The highest BCUT2D eigenvalue weighted by Crippen LogP contribution is 2.54. The summed E-state index contributed by atoms with van der Waals surface area (Å²) in [6.45, 7) is 7.23. The van der Waals surface area contributed by atoms with Crippen LogP contribution in [0.25, 0.3) is 0 Å². The fourth-order valence-corrected chi connectivity index (χ4v) is 7.00. The van der Waals surface area contributed by atoms with Gasteiger partial charge in [0.05, 0.1) is 18.9 Å². The number of hydrogen-bond donors (Lipinski definition) is 0. The summed E-state index contributed by atoms with van der Waals surface area (Å²) < 4.78 is 59.5. The second kappa shape index (κ2) is 5.71. The van der Waals surface area contributed by atoms with Crippen LogP contribution in [0, 0.1) is 17.8 Å². The number of likely N-dealkylation sites (tertiary alicyclic amines) is 1. The molecule has 0 radical (unpaired) electrons. The molecule has 0 N–H and O–H groups in total. The van der Waals surface area contributed by atoms with Gasteiger partial charge in [-0.1, -0.05) is 0 Å². The molecule has 1 saturated carbocycles. The number of nitrogens with zero attached hydrogens (tertiary/aromatic N) is 3. The molecule has 9 heteroatoms. The van der Waals surface area contributed by atoms with E-state index in [9.17, 15) is 17.2 Å². The third-order valence-electron chi connectivity index (χ3n) is 6.88. The molecule has 2 spiro atoms. The smallest absolute Gasteiger partial charge is 0.286 e. The van der Waals surface area contributed by atoms with Gasteiger partial charge in [-0.2, -0.15) is 13.1 Å². The van der Waals surface area contributed by atoms with E-state index in [0.29, 0.717) is 24.5 Å². The predicted octanol–water partition coefficient (Wildman–Crippen LogP) is 1.99. The molecule has 6 nitrogen and oxygen atoms in total. The van der Waals surface area contributed by atoms with Gasteiger partial charge in [0.25, 0.3) is 5.92 Å². The summed E-state index contributed by atoms with van der Waals surface area (Å²) in [5.41, 5.74) is 0.216. The largest absolute Gasteiger partial charge is 0.380 e. The van der Waals surface area contributed by atoms with Gasteiger partial charge in [-0.25, -0.2) is 8.42 Å². The van der Waals surface area contributed by atoms with E-state index in [1.165, 1.54) is 17.3 Å². The highest BCUT2D eigenvalue weighted by atomic mass is 32.2. The molecule has 0 unspecified atom stereocenters. The van der Waals surface area contributed by atoms with E-state index in [2.05, 4.69) is 9.88 Å². The molecule has 1 aliphatic carbocycles. The molecule has 1 aromatic rings. The Morgan fingerprint density at radius 1 is 1.14 bits per heavy atom. The monoisotopic (exact) mass is 413 g/mol. The second-order valence-electron chi connectivity index (χ2n) is 9.40. The van der Waals surface area contributed by atoms with E-state index in [4.69, 9.17) is 4.74 Å². The summed E-state index contributed by atoms with van der Waals surface area (Å²) in [5.74, 6) is -3.09. The maximum atomic E-state index is 13.4. The summed E-state index contributed by atoms with van der Waals surface area (Å²) >= 11 is 0. The van der Waals surface area contributed by atoms with Gasteiger partial charge in [-0.05, 0) is 31.9 Å². The van der Waals surface area contributed by atoms with Crippen LogP contribution in [0.1, 0.15) is 31.2 Å². The Balaban J connectivity index is 1.20. The van der Waals surface area contributed by atoms with Crippen molar-refractivity contribution in [2.45, 2.75) is 43.5 Å². The van der Waals surface area contributed by atoms with Gasteiger partial charge in [0, 0.05) is 50.0 Å². The van der Waals surface area contributed by atoms with Crippen molar-refractivity contribution in [2.75, 3.05) is 39.4 Å². The topological polar surface area (TPSA) is 62.7 Å². The molecule has 28 heavy (non-hydrogen) atoms. The van der Waals surface area contributed by atoms with Crippen molar-refractivity contribution in [1.29, 1.82) is 0 Å². The van der Waals surface area contributed by atoms with Crippen molar-refractivity contribution in [3.63, 3.8) is 0 Å². The molecule has 3 saturated heterocycles. The lowest BCUT2D eigenvalue weighted by molar-refractivity contribution is -0.219. The van der Waals surface area contributed by atoms with Crippen molar-refractivity contribution in [3.05, 3.63) is 23.5 Å². The van der Waals surface area contributed by atoms with Crippen LogP contribution in [0.4, 0.5) is 8.78 Å². The lowest BCUT2D eigenvalue weighted by Crippen LogP contribution is -2.74. The Bertz CT molecular complexity index is 905. The van der Waals surface area contributed by atoms with Crippen LogP contribution in [-0.4, -0.2) is 68.0 Å². The normalized spacial score (nSPS) is 27.1. The third kappa shape index (κ3) is 2.74. The van der Waals surface area contributed by atoms with Gasteiger partial charge in [0.15, 0.2) is 0 Å². The fraction of sp³-hybridized carbons (Fsp3) is 0.737. The summed E-state index contributed by atoms with van der Waals surface area (Å²) in [5, 5.41) is 0. The van der Waals surface area contributed by atoms with E-state index >= 15 is 0 Å². The first-order valence-electron chi connectivity index (χ1n) is 9.70. The van der Waals surface area contributed by atoms with Crippen LogP contribution in [0.2, 0.25) is 0 Å². The molecular formula is C19H25F2N3O3S. The molecule has 5 rings (SSSR count). The van der Waals surface area contributed by atoms with Crippen LogP contribution in [-0.2, 0) is 20.7 Å². The van der Waals surface area contributed by atoms with E-state index in [0.717, 1.165) is 52.1 Å². The number of alkyl halides is 2. The maximum absolute atomic E-state index is 13.4. The fourth-order valence-electron chi connectivity index (χ4n) is 5.18. The number of halogens is 2. The number of pyridine rings is 1. The first-order valence-corrected chi connectivity index (χ1v) is 11.1. The number of sulfonamides is 1. The van der Waals surface area contributed by atoms with Gasteiger partial charge in [-0.3, -0.25) is 9.88 Å². The number of aryl methyl sites for hydroxylation is 1. The molecule has 0 amide bonds. The summed E-state index contributed by atoms with van der Waals surface area (Å²) in [4.78, 5) is 6.36. The molecule has 0 atom stereocenters. The highest BCUT2D eigenvalue weighted by Gasteiger charge is 2.60. The molecule has 154 valence electrons. The highest BCUT2D eigenvalue weighted by molar-refractivity contribution is 7.89.